The Balaban J connectivity index is 1.48. The second kappa shape index (κ2) is 11.4. The number of hydrogen-bond donors (Lipinski definition) is 1. The lowest BCUT2D eigenvalue weighted by atomic mass is 9.87. The van der Waals surface area contributed by atoms with Crippen molar-refractivity contribution in [2.45, 2.75) is 45.1 Å². The number of rotatable bonds is 6. The molecule has 0 bridgehead atoms. The van der Waals surface area contributed by atoms with Crippen molar-refractivity contribution in [3.8, 4) is 5.75 Å². The Kier molecular flexibility index (Phi) is 8.06. The average Bonchev–Trinajstić information content (AvgIpc) is 2.91. The molecular weight excluding hydrogens is 442 g/mol. The highest BCUT2D eigenvalue weighted by Gasteiger charge is 2.37. The zero-order valence-corrected chi connectivity index (χ0v) is 20.7. The number of carbonyl (C=O) groups is 3. The fourth-order valence-corrected chi connectivity index (χ4v) is 5.17. The molecule has 2 aromatic rings. The lowest BCUT2D eigenvalue weighted by Gasteiger charge is -2.38. The molecule has 2 aromatic carbocycles. The Morgan fingerprint density at radius 3 is 2.14 bits per heavy atom. The van der Waals surface area contributed by atoms with Crippen LogP contribution < -0.4 is 10.1 Å². The highest BCUT2D eigenvalue weighted by molar-refractivity contribution is 5.99. The van der Waals surface area contributed by atoms with Crippen LogP contribution in [-0.4, -0.2) is 66.9 Å². The van der Waals surface area contributed by atoms with Crippen LogP contribution in [0, 0.1) is 12.8 Å². The molecule has 1 N–H and O–H groups in total. The number of methoxy groups -OCH3 is 1. The molecule has 1 atom stereocenters. The number of hydrogen-bond acceptors (Lipinski definition) is 4. The van der Waals surface area contributed by atoms with E-state index in [-0.39, 0.29) is 23.6 Å². The van der Waals surface area contributed by atoms with Crippen molar-refractivity contribution in [1.29, 1.82) is 0 Å². The second-order valence-corrected chi connectivity index (χ2v) is 9.48. The van der Waals surface area contributed by atoms with E-state index in [4.69, 9.17) is 4.74 Å². The number of aryl methyl sites for hydroxylation is 1. The molecule has 4 rings (SSSR count). The maximum Gasteiger partial charge on any atom is 0.257 e. The highest BCUT2D eigenvalue weighted by atomic mass is 16.5. The maximum atomic E-state index is 13.6. The molecule has 2 heterocycles. The quantitative estimate of drug-likeness (QED) is 0.689. The summed E-state index contributed by atoms with van der Waals surface area (Å²) in [5, 5.41) is 3.08. The van der Waals surface area contributed by atoms with Crippen LogP contribution in [0.4, 0.5) is 0 Å². The Bertz CT molecular complexity index is 1060. The number of ether oxygens (including phenoxy) is 1. The number of benzene rings is 2. The molecule has 7 heteroatoms. The molecule has 186 valence electrons. The Morgan fingerprint density at radius 1 is 0.857 bits per heavy atom. The Hall–Kier alpha value is -3.35. The molecule has 0 saturated carbocycles. The fourth-order valence-electron chi connectivity index (χ4n) is 5.17. The van der Waals surface area contributed by atoms with Crippen LogP contribution in [0.25, 0.3) is 0 Å². The van der Waals surface area contributed by atoms with Crippen molar-refractivity contribution in [1.82, 2.24) is 15.1 Å². The molecular formula is C28H35N3O4. The fraction of sp³-hybridized carbons (Fsp3) is 0.464. The van der Waals surface area contributed by atoms with E-state index >= 15 is 0 Å². The molecule has 2 aliphatic heterocycles. The topological polar surface area (TPSA) is 79.0 Å². The van der Waals surface area contributed by atoms with Gasteiger partial charge in [0.2, 0.25) is 5.91 Å². The normalized spacial score (nSPS) is 17.5. The summed E-state index contributed by atoms with van der Waals surface area (Å²) < 4.78 is 5.37. The smallest absolute Gasteiger partial charge is 0.257 e. The summed E-state index contributed by atoms with van der Waals surface area (Å²) in [4.78, 5) is 43.6. The van der Waals surface area contributed by atoms with Gasteiger partial charge in [0.1, 0.15) is 11.8 Å². The van der Waals surface area contributed by atoms with Gasteiger partial charge in [0, 0.05) is 31.7 Å². The molecule has 2 saturated heterocycles. The number of nitrogens with zero attached hydrogens (tertiary/aromatic N) is 2. The van der Waals surface area contributed by atoms with Gasteiger partial charge in [-0.1, -0.05) is 30.3 Å². The first-order valence-electron chi connectivity index (χ1n) is 12.6. The lowest BCUT2D eigenvalue weighted by molar-refractivity contribution is -0.136. The van der Waals surface area contributed by atoms with Crippen LogP contribution >= 0.6 is 0 Å². The van der Waals surface area contributed by atoms with Crippen molar-refractivity contribution < 1.29 is 19.1 Å². The maximum absolute atomic E-state index is 13.6. The van der Waals surface area contributed by atoms with E-state index < -0.39 is 6.04 Å². The third-order valence-electron chi connectivity index (χ3n) is 7.25. The molecule has 0 aliphatic carbocycles. The summed E-state index contributed by atoms with van der Waals surface area (Å²) in [5.41, 5.74) is 2.02. The Morgan fingerprint density at radius 2 is 1.49 bits per heavy atom. The van der Waals surface area contributed by atoms with Crippen LogP contribution in [0.15, 0.2) is 48.5 Å². The van der Waals surface area contributed by atoms with Gasteiger partial charge in [0.25, 0.3) is 11.8 Å². The van der Waals surface area contributed by atoms with E-state index in [0.717, 1.165) is 37.9 Å². The largest absolute Gasteiger partial charge is 0.496 e. The summed E-state index contributed by atoms with van der Waals surface area (Å²) in [6.45, 7) is 4.44. The first-order chi connectivity index (χ1) is 17.0. The average molecular weight is 478 g/mol. The van der Waals surface area contributed by atoms with Crippen molar-refractivity contribution >= 4 is 17.7 Å². The van der Waals surface area contributed by atoms with Gasteiger partial charge >= 0.3 is 0 Å². The third-order valence-corrected chi connectivity index (χ3v) is 7.25. The van der Waals surface area contributed by atoms with Gasteiger partial charge in [0.05, 0.1) is 12.7 Å². The van der Waals surface area contributed by atoms with E-state index in [2.05, 4.69) is 5.32 Å². The predicted octanol–water partition coefficient (Wildman–Crippen LogP) is 3.67. The van der Waals surface area contributed by atoms with Crippen molar-refractivity contribution in [2.75, 3.05) is 33.3 Å². The third kappa shape index (κ3) is 5.66. The van der Waals surface area contributed by atoms with Crippen molar-refractivity contribution in [2.24, 2.45) is 5.92 Å². The van der Waals surface area contributed by atoms with E-state index in [1.54, 1.807) is 25.3 Å². The second-order valence-electron chi connectivity index (χ2n) is 9.48. The first-order valence-corrected chi connectivity index (χ1v) is 12.6. The highest BCUT2D eigenvalue weighted by Crippen LogP contribution is 2.27. The molecule has 0 aromatic heterocycles. The summed E-state index contributed by atoms with van der Waals surface area (Å²) in [5.74, 6) is 0.248. The van der Waals surface area contributed by atoms with Gasteiger partial charge in [-0.2, -0.15) is 0 Å². The van der Waals surface area contributed by atoms with Gasteiger partial charge < -0.3 is 19.9 Å². The SMILES string of the molecule is COc1ccccc1C(=O)N1CCC([C@H](NC(=O)c2ccccc2C)C(=O)N2CCCCC2)CC1. The molecule has 2 aliphatic rings. The van der Waals surface area contributed by atoms with Crippen LogP contribution in [0.1, 0.15) is 58.4 Å². The lowest BCUT2D eigenvalue weighted by Crippen LogP contribution is -2.55. The van der Waals surface area contributed by atoms with E-state index in [1.807, 2.05) is 47.1 Å². The van der Waals surface area contributed by atoms with E-state index in [9.17, 15) is 14.4 Å². The zero-order valence-electron chi connectivity index (χ0n) is 20.7. The van der Waals surface area contributed by atoms with Crippen LogP contribution in [0.3, 0.4) is 0 Å². The summed E-state index contributed by atoms with van der Waals surface area (Å²) in [7, 11) is 1.56. The number of para-hydroxylation sites is 1. The van der Waals surface area contributed by atoms with Crippen LogP contribution in [0.5, 0.6) is 5.75 Å². The number of carbonyl (C=O) groups excluding carboxylic acids is 3. The van der Waals surface area contributed by atoms with E-state index in [1.165, 1.54) is 0 Å². The zero-order chi connectivity index (χ0) is 24.8. The molecule has 3 amide bonds. The number of likely N-dealkylation sites (tertiary alicyclic amines) is 2. The predicted molar refractivity (Wildman–Crippen MR) is 134 cm³/mol. The first kappa shape index (κ1) is 24.8. The molecule has 0 unspecified atom stereocenters. The number of piperidine rings is 2. The van der Waals surface area contributed by atoms with Gasteiger partial charge in [-0.15, -0.1) is 0 Å². The van der Waals surface area contributed by atoms with Gasteiger partial charge in [0.15, 0.2) is 0 Å². The van der Waals surface area contributed by atoms with Gasteiger partial charge in [-0.25, -0.2) is 0 Å². The molecule has 2 fully saturated rings. The summed E-state index contributed by atoms with van der Waals surface area (Å²) in [6, 6.07) is 14.1. The number of amides is 3. The monoisotopic (exact) mass is 477 g/mol. The minimum Gasteiger partial charge on any atom is -0.496 e. The van der Waals surface area contributed by atoms with E-state index in [0.29, 0.717) is 42.8 Å². The minimum atomic E-state index is -0.594. The standard InChI is InChI=1S/C28H35N3O4/c1-20-10-4-5-11-22(20)26(32)29-25(28(34)30-16-8-3-9-17-30)21-14-18-31(19-15-21)27(33)23-12-6-7-13-24(23)35-2/h4-7,10-13,21,25H,3,8-9,14-19H2,1-2H3,(H,29,32)/t25-/m0/s1. The van der Waals surface area contributed by atoms with Crippen molar-refractivity contribution in [3.63, 3.8) is 0 Å². The summed E-state index contributed by atoms with van der Waals surface area (Å²) >= 11 is 0. The van der Waals surface area contributed by atoms with Gasteiger partial charge in [-0.3, -0.25) is 14.4 Å². The molecule has 35 heavy (non-hydrogen) atoms. The number of nitrogens with one attached hydrogen (secondary N) is 1. The van der Waals surface area contributed by atoms with Crippen molar-refractivity contribution in [3.05, 3.63) is 65.2 Å². The molecule has 0 radical (unpaired) electrons. The van der Waals surface area contributed by atoms with Crippen LogP contribution in [-0.2, 0) is 4.79 Å². The molecule has 7 nitrogen and oxygen atoms in total. The summed E-state index contributed by atoms with van der Waals surface area (Å²) in [6.07, 6.45) is 4.43. The Labute approximate surface area is 207 Å². The van der Waals surface area contributed by atoms with Crippen LogP contribution in [0.2, 0.25) is 0 Å². The minimum absolute atomic E-state index is 0.00105. The molecule has 0 spiro atoms. The van der Waals surface area contributed by atoms with Gasteiger partial charge in [-0.05, 0) is 68.7 Å².